The number of hydrogen-bond donors (Lipinski definition) is 0. The van der Waals surface area contributed by atoms with Crippen LogP contribution in [0.4, 0.5) is 10.1 Å². The molecule has 0 bridgehead atoms. The van der Waals surface area contributed by atoms with Gasteiger partial charge >= 0.3 is 0 Å². The van der Waals surface area contributed by atoms with Crippen molar-refractivity contribution in [1.82, 2.24) is 0 Å². The summed E-state index contributed by atoms with van der Waals surface area (Å²) in [6.07, 6.45) is 1.46. The molecule has 0 fully saturated rings. The van der Waals surface area contributed by atoms with Crippen LogP contribution >= 0.6 is 0 Å². The Kier molecular flexibility index (Phi) is 3.18. The molecular formula is C14H18FNO. The maximum atomic E-state index is 12.2. The van der Waals surface area contributed by atoms with E-state index in [1.165, 1.54) is 5.56 Å². The second-order valence-corrected chi connectivity index (χ2v) is 5.14. The van der Waals surface area contributed by atoms with E-state index < -0.39 is 6.67 Å². The predicted octanol–water partition coefficient (Wildman–Crippen LogP) is 3.10. The van der Waals surface area contributed by atoms with E-state index in [4.69, 9.17) is 0 Å². The molecule has 1 aromatic carbocycles. The first-order valence-corrected chi connectivity index (χ1v) is 6.03. The van der Waals surface area contributed by atoms with Crippen LogP contribution in [0.25, 0.3) is 0 Å². The summed E-state index contributed by atoms with van der Waals surface area (Å²) in [6.45, 7) is 3.68. The van der Waals surface area contributed by atoms with E-state index in [0.29, 0.717) is 6.42 Å². The Balaban J connectivity index is 2.28. The lowest BCUT2D eigenvalue weighted by Gasteiger charge is -2.32. The second kappa shape index (κ2) is 4.47. The van der Waals surface area contributed by atoms with E-state index in [1.54, 1.807) is 0 Å². The molecule has 0 saturated heterocycles. The molecule has 0 aliphatic carbocycles. The van der Waals surface area contributed by atoms with Gasteiger partial charge in [-0.3, -0.25) is 9.18 Å². The molecule has 0 unspecified atom stereocenters. The molecule has 3 heteroatoms. The van der Waals surface area contributed by atoms with Gasteiger partial charge in [0.15, 0.2) is 0 Å². The van der Waals surface area contributed by atoms with Crippen molar-refractivity contribution in [2.45, 2.75) is 38.6 Å². The van der Waals surface area contributed by atoms with Crippen molar-refractivity contribution < 1.29 is 9.18 Å². The number of amides is 1. The van der Waals surface area contributed by atoms with Gasteiger partial charge in [0.25, 0.3) is 0 Å². The first-order chi connectivity index (χ1) is 8.06. The van der Waals surface area contributed by atoms with E-state index in [1.807, 2.05) is 23.1 Å². The van der Waals surface area contributed by atoms with Crippen molar-refractivity contribution in [2.75, 3.05) is 11.6 Å². The van der Waals surface area contributed by atoms with Crippen LogP contribution in [0.3, 0.4) is 0 Å². The minimum Gasteiger partial charge on any atom is -0.306 e. The lowest BCUT2D eigenvalue weighted by atomic mass is 9.99. The molecule has 0 N–H and O–H groups in total. The Morgan fingerprint density at radius 3 is 2.82 bits per heavy atom. The fourth-order valence-corrected chi connectivity index (χ4v) is 2.55. The number of anilines is 1. The Labute approximate surface area is 101 Å². The standard InChI is InChI=1S/C14H18FNO/c1-14(2)10-11-6-3-4-7-12(11)16(14)13(17)8-5-9-15/h3-4,6-7H,5,8-10H2,1-2H3. The molecule has 92 valence electrons. The summed E-state index contributed by atoms with van der Waals surface area (Å²) < 4.78 is 12.2. The molecular weight excluding hydrogens is 217 g/mol. The van der Waals surface area contributed by atoms with Gasteiger partial charge in [0.2, 0.25) is 5.91 Å². The highest BCUT2D eigenvalue weighted by atomic mass is 19.1. The summed E-state index contributed by atoms with van der Waals surface area (Å²) in [4.78, 5) is 14.0. The van der Waals surface area contributed by atoms with Gasteiger partial charge in [0, 0.05) is 17.6 Å². The number of para-hydroxylation sites is 1. The molecule has 0 aromatic heterocycles. The molecule has 2 nitrogen and oxygen atoms in total. The first kappa shape index (κ1) is 12.1. The monoisotopic (exact) mass is 235 g/mol. The zero-order valence-corrected chi connectivity index (χ0v) is 10.4. The average Bonchev–Trinajstić information content (AvgIpc) is 2.55. The van der Waals surface area contributed by atoms with Crippen molar-refractivity contribution >= 4 is 11.6 Å². The molecule has 2 rings (SSSR count). The topological polar surface area (TPSA) is 20.3 Å². The third-order valence-electron chi connectivity index (χ3n) is 3.23. The minimum atomic E-state index is -0.429. The number of fused-ring (bicyclic) bond motifs is 1. The number of carbonyl (C=O) groups is 1. The first-order valence-electron chi connectivity index (χ1n) is 6.03. The van der Waals surface area contributed by atoms with Crippen molar-refractivity contribution in [3.05, 3.63) is 29.8 Å². The van der Waals surface area contributed by atoms with Crippen molar-refractivity contribution in [1.29, 1.82) is 0 Å². The fraction of sp³-hybridized carbons (Fsp3) is 0.500. The summed E-state index contributed by atoms with van der Waals surface area (Å²) in [7, 11) is 0. The normalized spacial score (nSPS) is 17.0. The Hall–Kier alpha value is -1.38. The second-order valence-electron chi connectivity index (χ2n) is 5.14. The van der Waals surface area contributed by atoms with Gasteiger partial charge in [-0.2, -0.15) is 0 Å². The molecule has 0 atom stereocenters. The van der Waals surface area contributed by atoms with Crippen LogP contribution < -0.4 is 4.90 Å². The highest BCUT2D eigenvalue weighted by Crippen LogP contribution is 2.38. The molecule has 1 aliphatic rings. The fourth-order valence-electron chi connectivity index (χ4n) is 2.55. The van der Waals surface area contributed by atoms with Gasteiger partial charge in [0.05, 0.1) is 6.67 Å². The van der Waals surface area contributed by atoms with Crippen LogP contribution in [0.5, 0.6) is 0 Å². The highest BCUT2D eigenvalue weighted by molar-refractivity contribution is 5.97. The average molecular weight is 235 g/mol. The molecule has 1 aliphatic heterocycles. The van der Waals surface area contributed by atoms with Crippen LogP contribution in [0.15, 0.2) is 24.3 Å². The van der Waals surface area contributed by atoms with Crippen LogP contribution in [0, 0.1) is 0 Å². The van der Waals surface area contributed by atoms with E-state index in [9.17, 15) is 9.18 Å². The Morgan fingerprint density at radius 1 is 1.41 bits per heavy atom. The van der Waals surface area contributed by atoms with Crippen molar-refractivity contribution in [3.63, 3.8) is 0 Å². The number of hydrogen-bond acceptors (Lipinski definition) is 1. The zero-order chi connectivity index (χ0) is 12.5. The highest BCUT2D eigenvalue weighted by Gasteiger charge is 2.39. The van der Waals surface area contributed by atoms with Gasteiger partial charge in [-0.1, -0.05) is 18.2 Å². The number of rotatable bonds is 3. The van der Waals surface area contributed by atoms with E-state index in [2.05, 4.69) is 19.9 Å². The third-order valence-corrected chi connectivity index (χ3v) is 3.23. The van der Waals surface area contributed by atoms with E-state index >= 15 is 0 Å². The van der Waals surface area contributed by atoms with Crippen LogP contribution in [0.1, 0.15) is 32.3 Å². The summed E-state index contributed by atoms with van der Waals surface area (Å²) in [5.74, 6) is 0.0256. The number of halogens is 1. The number of benzene rings is 1. The molecule has 1 aromatic rings. The zero-order valence-electron chi connectivity index (χ0n) is 10.4. The lowest BCUT2D eigenvalue weighted by Crippen LogP contribution is -2.45. The van der Waals surface area contributed by atoms with Crippen LogP contribution in [0.2, 0.25) is 0 Å². The number of carbonyl (C=O) groups excluding carboxylic acids is 1. The predicted molar refractivity (Wildman–Crippen MR) is 66.9 cm³/mol. The SMILES string of the molecule is CC1(C)Cc2ccccc2N1C(=O)CCCF. The number of nitrogens with zero attached hydrogens (tertiary/aromatic N) is 1. The Morgan fingerprint density at radius 2 is 2.12 bits per heavy atom. The molecule has 1 amide bonds. The Bertz CT molecular complexity index is 428. The van der Waals surface area contributed by atoms with Gasteiger partial charge in [-0.15, -0.1) is 0 Å². The maximum Gasteiger partial charge on any atom is 0.227 e. The van der Waals surface area contributed by atoms with Gasteiger partial charge < -0.3 is 4.90 Å². The molecule has 0 saturated carbocycles. The molecule has 0 spiro atoms. The van der Waals surface area contributed by atoms with E-state index in [0.717, 1.165) is 12.1 Å². The van der Waals surface area contributed by atoms with E-state index in [-0.39, 0.29) is 17.9 Å². The summed E-state index contributed by atoms with van der Waals surface area (Å²) in [5, 5.41) is 0. The van der Waals surface area contributed by atoms with Gasteiger partial charge in [-0.05, 0) is 38.3 Å². The van der Waals surface area contributed by atoms with Crippen LogP contribution in [-0.4, -0.2) is 18.1 Å². The minimum absolute atomic E-state index is 0.0256. The summed E-state index contributed by atoms with van der Waals surface area (Å²) in [5.41, 5.74) is 1.99. The largest absolute Gasteiger partial charge is 0.306 e. The lowest BCUT2D eigenvalue weighted by molar-refractivity contribution is -0.119. The maximum absolute atomic E-state index is 12.2. The third kappa shape index (κ3) is 2.19. The summed E-state index contributed by atoms with van der Waals surface area (Å²) in [6, 6.07) is 7.96. The molecule has 1 heterocycles. The molecule has 17 heavy (non-hydrogen) atoms. The van der Waals surface area contributed by atoms with Crippen molar-refractivity contribution in [3.8, 4) is 0 Å². The molecule has 0 radical (unpaired) electrons. The van der Waals surface area contributed by atoms with Gasteiger partial charge in [-0.25, -0.2) is 0 Å². The smallest absolute Gasteiger partial charge is 0.227 e. The number of alkyl halides is 1. The quantitative estimate of drug-likeness (QED) is 0.788. The van der Waals surface area contributed by atoms with Crippen molar-refractivity contribution in [2.24, 2.45) is 0 Å². The van der Waals surface area contributed by atoms with Gasteiger partial charge in [0.1, 0.15) is 0 Å². The summed E-state index contributed by atoms with van der Waals surface area (Å²) >= 11 is 0. The van der Waals surface area contributed by atoms with Crippen LogP contribution in [-0.2, 0) is 11.2 Å².